The summed E-state index contributed by atoms with van der Waals surface area (Å²) >= 11 is 0. The highest BCUT2D eigenvalue weighted by Gasteiger charge is 2.14. The number of ether oxygens (including phenoxy) is 1. The minimum absolute atomic E-state index is 0.0447. The third-order valence-corrected chi connectivity index (χ3v) is 3.75. The van der Waals surface area contributed by atoms with Crippen LogP contribution in [0.1, 0.15) is 20.7 Å². The standard InChI is InChI=1S/C19H22N4O4/c1-23(2)19(26)12-7-9-13(10-8-12)22-16(24)11-21-15-6-4-5-14(18(20)25)17(15)27-3/h4-10,21H,11H2,1-3H3,(H2,20,25)(H,22,24). The Morgan fingerprint density at radius 3 is 2.30 bits per heavy atom. The fraction of sp³-hybridized carbons (Fsp3) is 0.211. The van der Waals surface area contributed by atoms with Gasteiger partial charge in [0.15, 0.2) is 5.75 Å². The molecule has 0 saturated heterocycles. The lowest BCUT2D eigenvalue weighted by atomic mass is 10.1. The van der Waals surface area contributed by atoms with Crippen molar-refractivity contribution in [2.24, 2.45) is 5.73 Å². The molecule has 0 unspecified atom stereocenters. The predicted molar refractivity (Wildman–Crippen MR) is 103 cm³/mol. The SMILES string of the molecule is COc1c(NCC(=O)Nc2ccc(C(=O)N(C)C)cc2)cccc1C(N)=O. The molecule has 0 saturated carbocycles. The molecule has 0 heterocycles. The van der Waals surface area contributed by atoms with Gasteiger partial charge in [0.05, 0.1) is 24.9 Å². The first-order chi connectivity index (χ1) is 12.8. The summed E-state index contributed by atoms with van der Waals surface area (Å²) in [5, 5.41) is 5.64. The van der Waals surface area contributed by atoms with Crippen LogP contribution in [0.2, 0.25) is 0 Å². The lowest BCUT2D eigenvalue weighted by Crippen LogP contribution is -2.23. The molecule has 0 atom stereocenters. The van der Waals surface area contributed by atoms with E-state index in [2.05, 4.69) is 10.6 Å². The number of benzene rings is 2. The monoisotopic (exact) mass is 370 g/mol. The number of nitrogens with zero attached hydrogens (tertiary/aromatic N) is 1. The third kappa shape index (κ3) is 4.97. The number of amides is 3. The molecular formula is C19H22N4O4. The van der Waals surface area contributed by atoms with Crippen molar-refractivity contribution in [1.29, 1.82) is 0 Å². The summed E-state index contributed by atoms with van der Waals surface area (Å²) in [6.07, 6.45) is 0. The van der Waals surface area contributed by atoms with Crippen molar-refractivity contribution in [3.05, 3.63) is 53.6 Å². The van der Waals surface area contributed by atoms with Crippen molar-refractivity contribution in [3.8, 4) is 5.75 Å². The lowest BCUT2D eigenvalue weighted by Gasteiger charge is -2.14. The van der Waals surface area contributed by atoms with Crippen molar-refractivity contribution in [2.45, 2.75) is 0 Å². The van der Waals surface area contributed by atoms with Gasteiger partial charge in [-0.15, -0.1) is 0 Å². The fourth-order valence-electron chi connectivity index (χ4n) is 2.43. The summed E-state index contributed by atoms with van der Waals surface area (Å²) in [4.78, 5) is 36.9. The number of methoxy groups -OCH3 is 1. The summed E-state index contributed by atoms with van der Waals surface area (Å²) in [6, 6.07) is 11.5. The van der Waals surface area contributed by atoms with Crippen molar-refractivity contribution in [3.63, 3.8) is 0 Å². The number of rotatable bonds is 7. The van der Waals surface area contributed by atoms with Gasteiger partial charge in [0.2, 0.25) is 5.91 Å². The molecule has 0 aliphatic heterocycles. The first kappa shape index (κ1) is 19.8. The molecule has 0 fully saturated rings. The van der Waals surface area contributed by atoms with E-state index in [0.29, 0.717) is 16.9 Å². The van der Waals surface area contributed by atoms with Gasteiger partial charge in [-0.05, 0) is 36.4 Å². The first-order valence-electron chi connectivity index (χ1n) is 8.15. The van der Waals surface area contributed by atoms with E-state index in [4.69, 9.17) is 10.5 Å². The topological polar surface area (TPSA) is 114 Å². The molecule has 4 N–H and O–H groups in total. The van der Waals surface area contributed by atoms with Crippen LogP contribution in [-0.2, 0) is 4.79 Å². The highest BCUT2D eigenvalue weighted by molar-refractivity contribution is 5.99. The van der Waals surface area contributed by atoms with Crippen molar-refractivity contribution in [2.75, 3.05) is 38.4 Å². The van der Waals surface area contributed by atoms with E-state index in [1.807, 2.05) is 0 Å². The highest BCUT2D eigenvalue weighted by atomic mass is 16.5. The minimum atomic E-state index is -0.618. The number of primary amides is 1. The number of nitrogens with one attached hydrogen (secondary N) is 2. The van der Waals surface area contributed by atoms with E-state index < -0.39 is 5.91 Å². The molecule has 2 rings (SSSR count). The minimum Gasteiger partial charge on any atom is -0.494 e. The number of hydrogen-bond donors (Lipinski definition) is 3. The van der Waals surface area contributed by atoms with Gasteiger partial charge in [-0.1, -0.05) is 6.07 Å². The van der Waals surface area contributed by atoms with E-state index in [-0.39, 0.29) is 29.7 Å². The zero-order valence-electron chi connectivity index (χ0n) is 15.4. The molecule has 8 heteroatoms. The first-order valence-corrected chi connectivity index (χ1v) is 8.15. The van der Waals surface area contributed by atoms with E-state index in [0.717, 1.165) is 0 Å². The lowest BCUT2D eigenvalue weighted by molar-refractivity contribution is -0.114. The van der Waals surface area contributed by atoms with Gasteiger partial charge in [-0.2, -0.15) is 0 Å². The Morgan fingerprint density at radius 1 is 1.07 bits per heavy atom. The molecule has 0 radical (unpaired) electrons. The fourth-order valence-corrected chi connectivity index (χ4v) is 2.43. The average molecular weight is 370 g/mol. The van der Waals surface area contributed by atoms with E-state index in [1.54, 1.807) is 56.6 Å². The zero-order chi connectivity index (χ0) is 20.0. The maximum absolute atomic E-state index is 12.2. The van der Waals surface area contributed by atoms with Crippen molar-refractivity contribution < 1.29 is 19.1 Å². The number of carbonyl (C=O) groups is 3. The Hall–Kier alpha value is -3.55. The second-order valence-electron chi connectivity index (χ2n) is 5.93. The van der Waals surface area contributed by atoms with Gasteiger partial charge >= 0.3 is 0 Å². The summed E-state index contributed by atoms with van der Waals surface area (Å²) in [6.45, 7) is -0.0447. The van der Waals surface area contributed by atoms with E-state index in [1.165, 1.54) is 12.0 Å². The Balaban J connectivity index is 2.00. The zero-order valence-corrected chi connectivity index (χ0v) is 15.4. The average Bonchev–Trinajstić information content (AvgIpc) is 2.65. The number of hydrogen-bond acceptors (Lipinski definition) is 5. The van der Waals surface area contributed by atoms with Crippen LogP contribution >= 0.6 is 0 Å². The smallest absolute Gasteiger partial charge is 0.253 e. The largest absolute Gasteiger partial charge is 0.494 e. The molecule has 8 nitrogen and oxygen atoms in total. The summed E-state index contributed by atoms with van der Waals surface area (Å²) in [5.41, 5.74) is 7.12. The molecule has 0 aliphatic carbocycles. The van der Waals surface area contributed by atoms with Gasteiger partial charge in [0.1, 0.15) is 0 Å². The van der Waals surface area contributed by atoms with Crippen LogP contribution in [0.25, 0.3) is 0 Å². The van der Waals surface area contributed by atoms with Gasteiger partial charge < -0.3 is 26.0 Å². The quantitative estimate of drug-likeness (QED) is 0.684. The molecular weight excluding hydrogens is 348 g/mol. The number of nitrogens with two attached hydrogens (primary N) is 1. The molecule has 3 amide bonds. The molecule has 142 valence electrons. The van der Waals surface area contributed by atoms with E-state index >= 15 is 0 Å². The van der Waals surface area contributed by atoms with Crippen molar-refractivity contribution in [1.82, 2.24) is 4.90 Å². The number of anilines is 2. The molecule has 0 aliphatic rings. The van der Waals surface area contributed by atoms with Crippen LogP contribution in [0.3, 0.4) is 0 Å². The second-order valence-corrected chi connectivity index (χ2v) is 5.93. The molecule has 0 aromatic heterocycles. The van der Waals surface area contributed by atoms with Crippen LogP contribution in [0, 0.1) is 0 Å². The Kier molecular flexibility index (Phi) is 6.37. The number of para-hydroxylation sites is 1. The maximum Gasteiger partial charge on any atom is 0.253 e. The Morgan fingerprint density at radius 2 is 1.74 bits per heavy atom. The third-order valence-electron chi connectivity index (χ3n) is 3.75. The van der Waals surface area contributed by atoms with Gasteiger partial charge in [0.25, 0.3) is 11.8 Å². The van der Waals surface area contributed by atoms with Crippen molar-refractivity contribution >= 4 is 29.1 Å². The second kappa shape index (κ2) is 8.70. The molecule has 0 bridgehead atoms. The molecule has 2 aromatic rings. The van der Waals surface area contributed by atoms with E-state index in [9.17, 15) is 14.4 Å². The van der Waals surface area contributed by atoms with Crippen LogP contribution in [-0.4, -0.2) is 50.4 Å². The molecule has 27 heavy (non-hydrogen) atoms. The van der Waals surface area contributed by atoms with Crippen LogP contribution in [0.4, 0.5) is 11.4 Å². The predicted octanol–water partition coefficient (Wildman–Crippen LogP) is 1.55. The van der Waals surface area contributed by atoms with Crippen LogP contribution < -0.4 is 21.1 Å². The van der Waals surface area contributed by atoms with Crippen LogP contribution in [0.5, 0.6) is 5.75 Å². The maximum atomic E-state index is 12.2. The molecule has 0 spiro atoms. The van der Waals surface area contributed by atoms with Gasteiger partial charge in [-0.3, -0.25) is 14.4 Å². The number of carbonyl (C=O) groups excluding carboxylic acids is 3. The summed E-state index contributed by atoms with van der Waals surface area (Å²) in [7, 11) is 4.76. The summed E-state index contributed by atoms with van der Waals surface area (Å²) in [5.74, 6) is -0.749. The Bertz CT molecular complexity index is 847. The summed E-state index contributed by atoms with van der Waals surface area (Å²) < 4.78 is 5.21. The highest BCUT2D eigenvalue weighted by Crippen LogP contribution is 2.28. The van der Waals surface area contributed by atoms with Gasteiger partial charge in [0, 0.05) is 25.3 Å². The normalized spacial score (nSPS) is 10.0. The molecule has 2 aromatic carbocycles. The Labute approximate surface area is 157 Å². The van der Waals surface area contributed by atoms with Gasteiger partial charge in [-0.25, -0.2) is 0 Å². The van der Waals surface area contributed by atoms with Crippen LogP contribution in [0.15, 0.2) is 42.5 Å².